The molecule has 0 aliphatic rings. The third-order valence-corrected chi connectivity index (χ3v) is 5.75. The number of hydrogen-bond acceptors (Lipinski definition) is 7. The van der Waals surface area contributed by atoms with Gasteiger partial charge in [-0.25, -0.2) is 4.79 Å². The summed E-state index contributed by atoms with van der Waals surface area (Å²) >= 11 is 4.14. The van der Waals surface area contributed by atoms with E-state index in [2.05, 4.69) is 28.6 Å². The number of carboxylic acid groups (broad SMARTS) is 1. The summed E-state index contributed by atoms with van der Waals surface area (Å²) in [6, 6.07) is 13.0. The zero-order valence-electron chi connectivity index (χ0n) is 20.0. The maximum Gasteiger partial charge on any atom is 0.326 e. The van der Waals surface area contributed by atoms with Crippen LogP contribution in [0.25, 0.3) is 0 Å². The molecule has 2 rings (SSSR count). The van der Waals surface area contributed by atoms with Gasteiger partial charge < -0.3 is 32.5 Å². The van der Waals surface area contributed by atoms with Gasteiger partial charge in [-0.05, 0) is 17.5 Å². The Labute approximate surface area is 219 Å². The van der Waals surface area contributed by atoms with Crippen molar-refractivity contribution in [3.8, 4) is 0 Å². The number of carbonyl (C=O) groups is 5. The van der Waals surface area contributed by atoms with Crippen LogP contribution < -0.4 is 27.4 Å². The molecule has 0 heterocycles. The van der Waals surface area contributed by atoms with Crippen LogP contribution in [0, 0.1) is 0 Å². The van der Waals surface area contributed by atoms with E-state index in [1.165, 1.54) is 0 Å². The average molecular weight is 530 g/mol. The minimum absolute atomic E-state index is 0.0160. The summed E-state index contributed by atoms with van der Waals surface area (Å²) in [5.74, 6) is -4.58. The molecular weight excluding hydrogens is 498 g/mol. The largest absolute Gasteiger partial charge is 0.480 e. The summed E-state index contributed by atoms with van der Waals surface area (Å²) in [6.45, 7) is 0. The first kappa shape index (κ1) is 29.3. The van der Waals surface area contributed by atoms with Crippen molar-refractivity contribution in [3.63, 3.8) is 0 Å². The van der Waals surface area contributed by atoms with E-state index in [4.69, 9.17) is 11.5 Å². The third kappa shape index (κ3) is 9.94. The summed E-state index contributed by atoms with van der Waals surface area (Å²) in [7, 11) is 0. The number of nitrogens with two attached hydrogens (primary N) is 2. The number of hydrogen-bond donors (Lipinski definition) is 7. The predicted molar refractivity (Wildman–Crippen MR) is 139 cm³/mol. The van der Waals surface area contributed by atoms with Crippen molar-refractivity contribution in [2.75, 3.05) is 5.75 Å². The van der Waals surface area contributed by atoms with Crippen molar-refractivity contribution in [1.82, 2.24) is 16.0 Å². The third-order valence-electron chi connectivity index (χ3n) is 5.39. The molecule has 0 saturated carbocycles. The zero-order valence-corrected chi connectivity index (χ0v) is 20.9. The highest BCUT2D eigenvalue weighted by molar-refractivity contribution is 7.80. The minimum Gasteiger partial charge on any atom is -0.480 e. The second kappa shape index (κ2) is 14.6. The van der Waals surface area contributed by atoms with Crippen molar-refractivity contribution in [1.29, 1.82) is 0 Å². The lowest BCUT2D eigenvalue weighted by Crippen LogP contribution is -2.58. The van der Waals surface area contributed by atoms with Crippen molar-refractivity contribution in [2.45, 2.75) is 43.4 Å². The smallest absolute Gasteiger partial charge is 0.326 e. The van der Waals surface area contributed by atoms with Crippen LogP contribution in [0.4, 0.5) is 0 Å². The van der Waals surface area contributed by atoms with Gasteiger partial charge in [0.1, 0.15) is 18.1 Å². The summed E-state index contributed by atoms with van der Waals surface area (Å²) in [4.78, 5) is 61.3. The van der Waals surface area contributed by atoms with Crippen LogP contribution in [-0.4, -0.2) is 64.6 Å². The number of aliphatic carboxylic acids is 1. The van der Waals surface area contributed by atoms with Crippen molar-refractivity contribution < 1.29 is 29.1 Å². The van der Waals surface area contributed by atoms with E-state index >= 15 is 0 Å². The quantitative estimate of drug-likeness (QED) is 0.155. The van der Waals surface area contributed by atoms with Gasteiger partial charge in [0.15, 0.2) is 0 Å². The topological polar surface area (TPSA) is 194 Å². The number of amides is 4. The van der Waals surface area contributed by atoms with E-state index < -0.39 is 60.2 Å². The molecule has 0 saturated heterocycles. The Bertz CT molecular complexity index is 1090. The normalized spacial score (nSPS) is 13.9. The molecule has 0 radical (unpaired) electrons. The summed E-state index contributed by atoms with van der Waals surface area (Å²) in [5.41, 5.74) is 12.6. The first-order valence-electron chi connectivity index (χ1n) is 11.5. The molecule has 4 amide bonds. The second-order valence-electron chi connectivity index (χ2n) is 8.36. The standard InChI is InChI=1S/C25H31N5O6S/c26-17(11-15-7-3-1-4-8-15)22(32)30-20(14-37)24(34)28-18(12-16-9-5-2-6-10-16)23(33)29-19(25(35)36)13-21(27)31/h1-10,17-20,37H,11-14,26H2,(H2,27,31)(H,28,34)(H,29,33)(H,30,32)(H,35,36). The molecule has 0 aliphatic heterocycles. The molecule has 8 N–H and O–H groups in total. The molecule has 12 heteroatoms. The molecule has 2 aromatic rings. The Morgan fingerprint density at radius 1 is 0.730 bits per heavy atom. The molecule has 0 aromatic heterocycles. The fraction of sp³-hybridized carbons (Fsp3) is 0.320. The average Bonchev–Trinajstić information content (AvgIpc) is 2.87. The molecule has 4 atom stereocenters. The molecule has 0 bridgehead atoms. The molecule has 4 unspecified atom stereocenters. The molecular formula is C25H31N5O6S. The molecule has 198 valence electrons. The van der Waals surface area contributed by atoms with E-state index in [1.54, 1.807) is 30.3 Å². The zero-order chi connectivity index (χ0) is 27.4. The first-order valence-corrected chi connectivity index (χ1v) is 12.1. The highest BCUT2D eigenvalue weighted by Crippen LogP contribution is 2.06. The second-order valence-corrected chi connectivity index (χ2v) is 8.73. The van der Waals surface area contributed by atoms with Gasteiger partial charge in [0.05, 0.1) is 12.5 Å². The lowest BCUT2D eigenvalue weighted by atomic mass is 10.0. The lowest BCUT2D eigenvalue weighted by Gasteiger charge is -2.24. The molecule has 11 nitrogen and oxygen atoms in total. The Hall–Kier alpha value is -3.90. The summed E-state index contributed by atoms with van der Waals surface area (Å²) in [5, 5.41) is 16.6. The van der Waals surface area contributed by atoms with E-state index in [0.717, 1.165) is 5.56 Å². The minimum atomic E-state index is -1.57. The van der Waals surface area contributed by atoms with Gasteiger partial charge >= 0.3 is 5.97 Å². The number of carbonyl (C=O) groups excluding carboxylic acids is 4. The fourth-order valence-corrected chi connectivity index (χ4v) is 3.70. The molecule has 0 fully saturated rings. The van der Waals surface area contributed by atoms with E-state index in [9.17, 15) is 29.1 Å². The molecule has 0 aliphatic carbocycles. The Morgan fingerprint density at radius 3 is 1.68 bits per heavy atom. The number of thiol groups is 1. The monoisotopic (exact) mass is 529 g/mol. The van der Waals surface area contributed by atoms with Gasteiger partial charge in [0.2, 0.25) is 23.6 Å². The number of primary amides is 1. The molecule has 37 heavy (non-hydrogen) atoms. The van der Waals surface area contributed by atoms with Gasteiger partial charge in [-0.15, -0.1) is 0 Å². The predicted octanol–water partition coefficient (Wildman–Crippen LogP) is -0.857. The van der Waals surface area contributed by atoms with E-state index in [1.807, 2.05) is 30.3 Å². The van der Waals surface area contributed by atoms with E-state index in [0.29, 0.717) is 5.56 Å². The van der Waals surface area contributed by atoms with Gasteiger partial charge in [0, 0.05) is 12.2 Å². The Kier molecular flexibility index (Phi) is 11.6. The van der Waals surface area contributed by atoms with Gasteiger partial charge in [-0.3, -0.25) is 19.2 Å². The number of nitrogens with one attached hydrogen (secondary N) is 3. The summed E-state index contributed by atoms with van der Waals surface area (Å²) < 4.78 is 0. The fourth-order valence-electron chi connectivity index (χ4n) is 3.44. The van der Waals surface area contributed by atoms with Crippen molar-refractivity contribution in [3.05, 3.63) is 71.8 Å². The van der Waals surface area contributed by atoms with Crippen LogP contribution >= 0.6 is 12.6 Å². The van der Waals surface area contributed by atoms with Crippen LogP contribution in [0.1, 0.15) is 17.5 Å². The van der Waals surface area contributed by atoms with Crippen molar-refractivity contribution in [2.24, 2.45) is 11.5 Å². The Morgan fingerprint density at radius 2 is 1.19 bits per heavy atom. The number of carboxylic acids is 1. The number of benzene rings is 2. The van der Waals surface area contributed by atoms with Crippen LogP contribution in [0.5, 0.6) is 0 Å². The van der Waals surface area contributed by atoms with Crippen LogP contribution in [0.3, 0.4) is 0 Å². The highest BCUT2D eigenvalue weighted by atomic mass is 32.1. The molecule has 2 aromatic carbocycles. The highest BCUT2D eigenvalue weighted by Gasteiger charge is 2.30. The lowest BCUT2D eigenvalue weighted by molar-refractivity contribution is -0.143. The van der Waals surface area contributed by atoms with Crippen molar-refractivity contribution >= 4 is 42.2 Å². The maximum absolute atomic E-state index is 13.0. The maximum atomic E-state index is 13.0. The SMILES string of the molecule is NC(=O)CC(NC(=O)C(Cc1ccccc1)NC(=O)C(CS)NC(=O)C(N)Cc1ccccc1)C(=O)O. The van der Waals surface area contributed by atoms with Gasteiger partial charge in [0.25, 0.3) is 0 Å². The number of rotatable bonds is 14. The van der Waals surface area contributed by atoms with Crippen LogP contribution in [0.15, 0.2) is 60.7 Å². The summed E-state index contributed by atoms with van der Waals surface area (Å²) in [6.07, 6.45) is -0.354. The Balaban J connectivity index is 2.12. The van der Waals surface area contributed by atoms with Crippen LogP contribution in [-0.2, 0) is 36.8 Å². The van der Waals surface area contributed by atoms with Gasteiger partial charge in [-0.1, -0.05) is 60.7 Å². The van der Waals surface area contributed by atoms with Crippen LogP contribution in [0.2, 0.25) is 0 Å². The van der Waals surface area contributed by atoms with E-state index in [-0.39, 0.29) is 18.6 Å². The molecule has 0 spiro atoms. The first-order chi connectivity index (χ1) is 17.6. The van der Waals surface area contributed by atoms with Gasteiger partial charge in [-0.2, -0.15) is 12.6 Å².